The molecule has 6 aromatic rings. The number of thiazole rings is 2. The van der Waals surface area contributed by atoms with Gasteiger partial charge < -0.3 is 15.4 Å². The third-order valence-electron chi connectivity index (χ3n) is 8.57. The minimum Gasteiger partial charge on any atom is -0.495 e. The zero-order valence-corrected chi connectivity index (χ0v) is 35.8. The van der Waals surface area contributed by atoms with Gasteiger partial charge in [0.25, 0.3) is 0 Å². The fourth-order valence-electron chi connectivity index (χ4n) is 5.45. The average molecular weight is 901 g/mol. The van der Waals surface area contributed by atoms with Gasteiger partial charge in [-0.05, 0) is 92.8 Å². The van der Waals surface area contributed by atoms with E-state index in [-0.39, 0.29) is 23.8 Å². The van der Waals surface area contributed by atoms with E-state index in [1.807, 2.05) is 54.1 Å². The van der Waals surface area contributed by atoms with E-state index in [1.165, 1.54) is 18.4 Å². The Kier molecular flexibility index (Phi) is 18.9. The topological polar surface area (TPSA) is 177 Å². The van der Waals surface area contributed by atoms with E-state index < -0.39 is 31.7 Å². The lowest BCUT2D eigenvalue weighted by atomic mass is 10.2. The first kappa shape index (κ1) is 47.8. The van der Waals surface area contributed by atoms with Crippen molar-refractivity contribution in [1.29, 1.82) is 0 Å². The first-order valence-electron chi connectivity index (χ1n) is 18.7. The Balaban J connectivity index is 0.000000260. The molecule has 6 rings (SSSR count). The lowest BCUT2D eigenvalue weighted by Gasteiger charge is -2.11. The van der Waals surface area contributed by atoms with Crippen LogP contribution < -0.4 is 24.8 Å². The van der Waals surface area contributed by atoms with Crippen molar-refractivity contribution in [3.63, 3.8) is 0 Å². The molecule has 4 aromatic heterocycles. The van der Waals surface area contributed by atoms with Gasteiger partial charge in [0.2, 0.25) is 20.0 Å². The summed E-state index contributed by atoms with van der Waals surface area (Å²) in [6.45, 7) is 3.98. The summed E-state index contributed by atoms with van der Waals surface area (Å²) in [4.78, 5) is 17.2. The maximum absolute atomic E-state index is 13.2. The molecule has 0 amide bonds. The van der Waals surface area contributed by atoms with Gasteiger partial charge in [-0.3, -0.25) is 9.97 Å². The minimum atomic E-state index is -3.85. The van der Waals surface area contributed by atoms with Crippen LogP contribution in [0.2, 0.25) is 0 Å². The molecule has 0 unspecified atom stereocenters. The highest BCUT2D eigenvalue weighted by molar-refractivity contribution is 7.89. The van der Waals surface area contributed by atoms with Crippen LogP contribution in [0.3, 0.4) is 0 Å². The summed E-state index contributed by atoms with van der Waals surface area (Å²) in [6.07, 6.45) is 10.1. The number of nitrogens with zero attached hydrogens (tertiary/aromatic N) is 4. The van der Waals surface area contributed by atoms with Crippen LogP contribution in [0.25, 0.3) is 22.6 Å². The molecule has 4 N–H and O–H groups in total. The number of unbranched alkanes of at least 4 members (excludes halogenated alkanes) is 4. The third-order valence-corrected chi connectivity index (χ3v) is 13.1. The number of anilines is 2. The van der Waals surface area contributed by atoms with Crippen molar-refractivity contribution in [2.45, 2.75) is 62.7 Å². The van der Waals surface area contributed by atoms with Crippen molar-refractivity contribution in [3.8, 4) is 28.4 Å². The third kappa shape index (κ3) is 14.7. The summed E-state index contributed by atoms with van der Waals surface area (Å²) in [5.74, 6) is -1.91. The number of nitrogens with one attached hydrogen (secondary N) is 4. The highest BCUT2D eigenvalue weighted by Gasteiger charge is 2.19. The van der Waals surface area contributed by atoms with Crippen LogP contribution in [0.15, 0.2) is 106 Å². The number of hydrogen-bond donors (Lipinski definition) is 4. The molecule has 0 bridgehead atoms. The van der Waals surface area contributed by atoms with Gasteiger partial charge >= 0.3 is 0 Å². The van der Waals surface area contributed by atoms with Crippen molar-refractivity contribution >= 4 is 53.0 Å². The van der Waals surface area contributed by atoms with Crippen LogP contribution in [-0.2, 0) is 20.0 Å². The molecule has 0 aliphatic rings. The Morgan fingerprint density at radius 3 is 1.88 bits per heavy atom. The van der Waals surface area contributed by atoms with Crippen LogP contribution in [0, 0.1) is 18.6 Å². The normalized spacial score (nSPS) is 11.3. The van der Waals surface area contributed by atoms with E-state index >= 15 is 0 Å². The maximum atomic E-state index is 13.2. The Morgan fingerprint density at radius 1 is 0.650 bits per heavy atom. The standard InChI is InChI=1S/C21H26N4O3S2.C19H20F2N4O2S2.CH4/c1-16-6-7-19(28-2)20(14-16)30(26,27)24-11-5-3-4-10-23-21-25-18(15-29-21)17-8-12-22-13-9-17;20-15-8-7-14(12-16(15)21)29(26,27)24-11-4-1-3-10-23-19-25-18(13-28-19)17-6-2-5-9-22-17;/h6-9,12-15,24H,3-5,10-11H2,1-2H3,(H,23,25);2,5-9,12-13,24H,1,3-4,10-11H2,(H,23,25);1H4. The fraction of sp³-hybridized carbons (Fsp3) is 0.317. The Labute approximate surface area is 359 Å². The Hall–Kier alpha value is -4.92. The molecule has 0 spiro atoms. The molecular weight excluding hydrogens is 851 g/mol. The quantitative estimate of drug-likeness (QED) is 0.0508. The van der Waals surface area contributed by atoms with Crippen LogP contribution in [-0.4, -0.2) is 70.1 Å². The summed E-state index contributed by atoms with van der Waals surface area (Å²) in [5.41, 5.74) is 4.50. The van der Waals surface area contributed by atoms with E-state index in [9.17, 15) is 25.6 Å². The summed E-state index contributed by atoms with van der Waals surface area (Å²) >= 11 is 3.08. The molecule has 2 aromatic carbocycles. The predicted molar refractivity (Wildman–Crippen MR) is 237 cm³/mol. The Morgan fingerprint density at radius 2 is 1.27 bits per heavy atom. The summed E-state index contributed by atoms with van der Waals surface area (Å²) in [7, 11) is -5.96. The van der Waals surface area contributed by atoms with E-state index in [0.29, 0.717) is 31.3 Å². The van der Waals surface area contributed by atoms with Crippen molar-refractivity contribution < 1.29 is 30.4 Å². The number of methoxy groups -OCH3 is 1. The number of sulfonamides is 2. The first-order chi connectivity index (χ1) is 28.4. The minimum absolute atomic E-state index is 0. The molecule has 0 saturated heterocycles. The van der Waals surface area contributed by atoms with E-state index in [4.69, 9.17) is 4.74 Å². The zero-order valence-electron chi connectivity index (χ0n) is 32.5. The summed E-state index contributed by atoms with van der Waals surface area (Å²) < 4.78 is 85.6. The molecule has 0 radical (unpaired) electrons. The molecule has 19 heteroatoms. The molecular formula is C41H50F2N8O5S4. The molecule has 0 aliphatic carbocycles. The number of hydrogen-bond acceptors (Lipinski definition) is 13. The highest BCUT2D eigenvalue weighted by Crippen LogP contribution is 2.26. The van der Waals surface area contributed by atoms with E-state index in [2.05, 4.69) is 40.0 Å². The second-order valence-electron chi connectivity index (χ2n) is 13.0. The van der Waals surface area contributed by atoms with Crippen molar-refractivity contribution in [2.24, 2.45) is 0 Å². The van der Waals surface area contributed by atoms with Gasteiger partial charge in [0.05, 0.1) is 23.4 Å². The predicted octanol–water partition coefficient (Wildman–Crippen LogP) is 8.76. The number of aryl methyl sites for hydroxylation is 1. The van der Waals surface area contributed by atoms with Crippen molar-refractivity contribution in [1.82, 2.24) is 29.4 Å². The SMILES string of the molecule is C.COc1ccc(C)cc1S(=O)(=O)NCCCCCNc1nc(-c2ccncc2)cs1.O=S(=O)(NCCCCCNc1nc(-c2ccccn2)cs1)c1ccc(F)c(F)c1. The molecule has 13 nitrogen and oxygen atoms in total. The fourth-order valence-corrected chi connectivity index (χ4v) is 9.35. The largest absolute Gasteiger partial charge is 0.495 e. The summed E-state index contributed by atoms with van der Waals surface area (Å²) in [6, 6.07) is 17.2. The van der Waals surface area contributed by atoms with Gasteiger partial charge in [0.1, 0.15) is 16.3 Å². The first-order valence-corrected chi connectivity index (χ1v) is 23.5. The van der Waals surface area contributed by atoms with Crippen LogP contribution in [0.4, 0.5) is 19.0 Å². The molecule has 0 atom stereocenters. The van der Waals surface area contributed by atoms with Gasteiger partial charge in [-0.1, -0.05) is 32.4 Å². The maximum Gasteiger partial charge on any atom is 0.244 e. The van der Waals surface area contributed by atoms with E-state index in [1.54, 1.807) is 42.1 Å². The monoisotopic (exact) mass is 900 g/mol. The highest BCUT2D eigenvalue weighted by atomic mass is 32.2. The Bertz CT molecular complexity index is 2440. The number of ether oxygens (including phenoxy) is 1. The number of pyridine rings is 2. The second-order valence-corrected chi connectivity index (χ2v) is 18.2. The molecule has 322 valence electrons. The second kappa shape index (κ2) is 23.8. The van der Waals surface area contributed by atoms with Gasteiger partial charge in [0.15, 0.2) is 21.9 Å². The number of halogens is 2. The van der Waals surface area contributed by atoms with E-state index in [0.717, 1.165) is 89.3 Å². The molecule has 4 heterocycles. The lowest BCUT2D eigenvalue weighted by Crippen LogP contribution is -2.25. The lowest BCUT2D eigenvalue weighted by molar-refractivity contribution is 0.402. The van der Waals surface area contributed by atoms with Gasteiger partial charge in [-0.25, -0.2) is 45.0 Å². The van der Waals surface area contributed by atoms with Crippen LogP contribution in [0.5, 0.6) is 5.75 Å². The number of aromatic nitrogens is 4. The summed E-state index contributed by atoms with van der Waals surface area (Å²) in [5, 5.41) is 12.2. The van der Waals surface area contributed by atoms with Crippen LogP contribution >= 0.6 is 22.7 Å². The average Bonchev–Trinajstić information content (AvgIpc) is 3.92. The van der Waals surface area contributed by atoms with Crippen molar-refractivity contribution in [3.05, 3.63) is 113 Å². The smallest absolute Gasteiger partial charge is 0.244 e. The molecule has 0 fully saturated rings. The van der Waals surface area contributed by atoms with Crippen molar-refractivity contribution in [2.75, 3.05) is 43.9 Å². The van der Waals surface area contributed by atoms with Gasteiger partial charge in [-0.15, -0.1) is 22.7 Å². The molecule has 60 heavy (non-hydrogen) atoms. The zero-order chi connectivity index (χ0) is 42.1. The molecule has 0 aliphatic heterocycles. The number of rotatable bonds is 21. The van der Waals surface area contributed by atoms with Gasteiger partial charge in [-0.2, -0.15) is 0 Å². The van der Waals surface area contributed by atoms with Crippen LogP contribution in [0.1, 0.15) is 51.5 Å². The number of benzene rings is 2. The molecule has 0 saturated carbocycles. The van der Waals surface area contributed by atoms with Gasteiger partial charge in [0, 0.05) is 61.1 Å².